The summed E-state index contributed by atoms with van der Waals surface area (Å²) >= 11 is 6.13. The summed E-state index contributed by atoms with van der Waals surface area (Å²) in [5, 5.41) is 4.12. The van der Waals surface area contributed by atoms with Gasteiger partial charge in [-0.05, 0) is 24.6 Å². The first kappa shape index (κ1) is 11.1. The standard InChI is InChI=1S/C13H15ClN2O/c14-10-4-2-1-3-9(10)7-13-16-11-8-15-6-5-12(11)17-13/h1-4,11-12,15H,5-8H2. The van der Waals surface area contributed by atoms with E-state index in [9.17, 15) is 0 Å². The Morgan fingerprint density at radius 1 is 1.41 bits per heavy atom. The fourth-order valence-corrected chi connectivity index (χ4v) is 2.57. The van der Waals surface area contributed by atoms with Crippen LogP contribution >= 0.6 is 11.6 Å². The third kappa shape index (κ3) is 2.31. The van der Waals surface area contributed by atoms with Crippen LogP contribution in [0.15, 0.2) is 29.3 Å². The summed E-state index contributed by atoms with van der Waals surface area (Å²) in [7, 11) is 0. The molecule has 0 aliphatic carbocycles. The molecule has 3 rings (SSSR count). The zero-order valence-corrected chi connectivity index (χ0v) is 10.3. The van der Waals surface area contributed by atoms with E-state index in [4.69, 9.17) is 16.3 Å². The number of halogens is 1. The van der Waals surface area contributed by atoms with Gasteiger partial charge >= 0.3 is 0 Å². The van der Waals surface area contributed by atoms with Crippen molar-refractivity contribution in [2.75, 3.05) is 13.1 Å². The molecule has 4 heteroatoms. The van der Waals surface area contributed by atoms with Crippen molar-refractivity contribution in [2.45, 2.75) is 25.0 Å². The number of hydrogen-bond donors (Lipinski definition) is 1. The number of nitrogens with zero attached hydrogens (tertiary/aromatic N) is 1. The largest absolute Gasteiger partial charge is 0.475 e. The van der Waals surface area contributed by atoms with Gasteiger partial charge < -0.3 is 10.1 Å². The molecule has 2 unspecified atom stereocenters. The summed E-state index contributed by atoms with van der Waals surface area (Å²) < 4.78 is 5.88. The highest BCUT2D eigenvalue weighted by molar-refractivity contribution is 6.31. The second-order valence-corrected chi connectivity index (χ2v) is 4.91. The number of aliphatic imine (C=N–C) groups is 1. The number of rotatable bonds is 2. The van der Waals surface area contributed by atoms with Crippen molar-refractivity contribution in [3.8, 4) is 0 Å². The summed E-state index contributed by atoms with van der Waals surface area (Å²) in [6, 6.07) is 8.15. The number of benzene rings is 1. The van der Waals surface area contributed by atoms with Gasteiger partial charge in [0.2, 0.25) is 0 Å². The van der Waals surface area contributed by atoms with Crippen molar-refractivity contribution in [1.82, 2.24) is 5.32 Å². The lowest BCUT2D eigenvalue weighted by molar-refractivity contribution is 0.158. The minimum absolute atomic E-state index is 0.272. The lowest BCUT2D eigenvalue weighted by Crippen LogP contribution is -2.41. The maximum absolute atomic E-state index is 6.13. The SMILES string of the molecule is Clc1ccccc1CC1=NC2CNCCC2O1. The zero-order chi connectivity index (χ0) is 11.7. The van der Waals surface area contributed by atoms with Crippen molar-refractivity contribution in [3.05, 3.63) is 34.9 Å². The molecule has 0 radical (unpaired) electrons. The van der Waals surface area contributed by atoms with Gasteiger partial charge in [0.1, 0.15) is 12.1 Å². The summed E-state index contributed by atoms with van der Waals surface area (Å²) in [6.07, 6.45) is 2.01. The first-order chi connectivity index (χ1) is 8.33. The molecule has 1 aromatic carbocycles. The zero-order valence-electron chi connectivity index (χ0n) is 9.53. The van der Waals surface area contributed by atoms with Gasteiger partial charge in [0, 0.05) is 11.6 Å². The molecule has 1 aromatic rings. The van der Waals surface area contributed by atoms with E-state index in [-0.39, 0.29) is 6.10 Å². The van der Waals surface area contributed by atoms with E-state index in [1.807, 2.05) is 24.3 Å². The van der Waals surface area contributed by atoms with Crippen LogP contribution in [0.5, 0.6) is 0 Å². The van der Waals surface area contributed by atoms with Crippen molar-refractivity contribution in [1.29, 1.82) is 0 Å². The maximum atomic E-state index is 6.13. The van der Waals surface area contributed by atoms with Gasteiger partial charge in [-0.2, -0.15) is 0 Å². The third-order valence-corrected chi connectivity index (χ3v) is 3.65. The molecule has 0 aromatic heterocycles. The summed E-state index contributed by atoms with van der Waals surface area (Å²) in [5.41, 5.74) is 1.08. The van der Waals surface area contributed by atoms with Crippen LogP contribution < -0.4 is 5.32 Å². The van der Waals surface area contributed by atoms with Gasteiger partial charge in [0.15, 0.2) is 5.90 Å². The predicted molar refractivity (Wildman–Crippen MR) is 68.7 cm³/mol. The van der Waals surface area contributed by atoms with Crippen LogP contribution in [0.2, 0.25) is 5.02 Å². The molecular weight excluding hydrogens is 236 g/mol. The van der Waals surface area contributed by atoms with Gasteiger partial charge in [0.05, 0.1) is 6.42 Å². The van der Waals surface area contributed by atoms with Crippen LogP contribution in [-0.2, 0) is 11.2 Å². The first-order valence-electron chi connectivity index (χ1n) is 6.00. The molecule has 2 atom stereocenters. The van der Waals surface area contributed by atoms with E-state index in [1.54, 1.807) is 0 Å². The van der Waals surface area contributed by atoms with Gasteiger partial charge in [-0.1, -0.05) is 29.8 Å². The van der Waals surface area contributed by atoms with Crippen molar-refractivity contribution >= 4 is 17.5 Å². The molecule has 1 fully saturated rings. The smallest absolute Gasteiger partial charge is 0.188 e. The molecule has 90 valence electrons. The number of fused-ring (bicyclic) bond motifs is 1. The number of ether oxygens (including phenoxy) is 1. The van der Waals surface area contributed by atoms with Gasteiger partial charge in [0.25, 0.3) is 0 Å². The second kappa shape index (κ2) is 4.67. The molecule has 0 spiro atoms. The predicted octanol–water partition coefficient (Wildman–Crippen LogP) is 2.04. The molecular formula is C13H15ClN2O. The van der Waals surface area contributed by atoms with Crippen LogP contribution in [0, 0.1) is 0 Å². The van der Waals surface area contributed by atoms with Crippen molar-refractivity contribution in [2.24, 2.45) is 4.99 Å². The van der Waals surface area contributed by atoms with Crippen LogP contribution in [0.4, 0.5) is 0 Å². The van der Waals surface area contributed by atoms with Crippen LogP contribution in [0.3, 0.4) is 0 Å². The minimum atomic E-state index is 0.272. The maximum Gasteiger partial charge on any atom is 0.188 e. The number of nitrogens with one attached hydrogen (secondary N) is 1. The second-order valence-electron chi connectivity index (χ2n) is 4.51. The Morgan fingerprint density at radius 3 is 3.12 bits per heavy atom. The van der Waals surface area contributed by atoms with E-state index in [1.165, 1.54) is 0 Å². The normalized spacial score (nSPS) is 27.2. The van der Waals surface area contributed by atoms with Gasteiger partial charge in [-0.25, -0.2) is 4.99 Å². The summed E-state index contributed by atoms with van der Waals surface area (Å²) in [4.78, 5) is 4.62. The molecule has 2 aliphatic rings. The van der Waals surface area contributed by atoms with E-state index < -0.39 is 0 Å². The number of piperidine rings is 1. The molecule has 2 aliphatic heterocycles. The molecule has 1 saturated heterocycles. The van der Waals surface area contributed by atoms with Crippen molar-refractivity contribution in [3.63, 3.8) is 0 Å². The average Bonchev–Trinajstić information content (AvgIpc) is 2.74. The third-order valence-electron chi connectivity index (χ3n) is 3.29. The Morgan fingerprint density at radius 2 is 2.29 bits per heavy atom. The van der Waals surface area contributed by atoms with E-state index in [2.05, 4.69) is 10.3 Å². The Balaban J connectivity index is 1.72. The molecule has 0 amide bonds. The summed E-state index contributed by atoms with van der Waals surface area (Å²) in [6.45, 7) is 1.95. The topological polar surface area (TPSA) is 33.6 Å². The molecule has 0 bridgehead atoms. The fraction of sp³-hybridized carbons (Fsp3) is 0.462. The summed E-state index contributed by atoms with van der Waals surface area (Å²) in [5.74, 6) is 0.830. The van der Waals surface area contributed by atoms with E-state index in [0.717, 1.165) is 36.0 Å². The molecule has 0 saturated carbocycles. The monoisotopic (exact) mass is 250 g/mol. The van der Waals surface area contributed by atoms with Crippen LogP contribution in [-0.4, -0.2) is 31.1 Å². The molecule has 17 heavy (non-hydrogen) atoms. The Bertz CT molecular complexity index is 447. The lowest BCUT2D eigenvalue weighted by atomic mass is 10.1. The molecule has 1 N–H and O–H groups in total. The Hall–Kier alpha value is -1.06. The fourth-order valence-electron chi connectivity index (χ4n) is 2.37. The highest BCUT2D eigenvalue weighted by Gasteiger charge is 2.32. The van der Waals surface area contributed by atoms with Crippen LogP contribution in [0.1, 0.15) is 12.0 Å². The lowest BCUT2D eigenvalue weighted by Gasteiger charge is -2.23. The van der Waals surface area contributed by atoms with E-state index in [0.29, 0.717) is 12.5 Å². The first-order valence-corrected chi connectivity index (χ1v) is 6.38. The molecule has 2 heterocycles. The van der Waals surface area contributed by atoms with Crippen LogP contribution in [0.25, 0.3) is 0 Å². The Kier molecular flexibility index (Phi) is 3.04. The average molecular weight is 251 g/mol. The number of hydrogen-bond acceptors (Lipinski definition) is 3. The van der Waals surface area contributed by atoms with Crippen molar-refractivity contribution < 1.29 is 4.74 Å². The quantitative estimate of drug-likeness (QED) is 0.872. The highest BCUT2D eigenvalue weighted by atomic mass is 35.5. The Labute approximate surface area is 106 Å². The van der Waals surface area contributed by atoms with Gasteiger partial charge in [-0.15, -0.1) is 0 Å². The van der Waals surface area contributed by atoms with Gasteiger partial charge in [-0.3, -0.25) is 0 Å². The highest BCUT2D eigenvalue weighted by Crippen LogP contribution is 2.23. The van der Waals surface area contributed by atoms with E-state index >= 15 is 0 Å². The minimum Gasteiger partial charge on any atom is -0.475 e. The molecule has 3 nitrogen and oxygen atoms in total.